The molecule has 3 N–H and O–H groups in total. The molecule has 0 heterocycles. The van der Waals surface area contributed by atoms with Gasteiger partial charge in [0.05, 0.1) is 0 Å². The minimum absolute atomic E-state index is 0. The number of aliphatic imine (C=N–C) groups is 1. The van der Waals surface area contributed by atoms with Gasteiger partial charge in [-0.25, -0.2) is 0 Å². The van der Waals surface area contributed by atoms with E-state index in [0.717, 1.165) is 19.4 Å². The van der Waals surface area contributed by atoms with Crippen molar-refractivity contribution in [1.82, 2.24) is 5.32 Å². The zero-order chi connectivity index (χ0) is 12.7. The van der Waals surface area contributed by atoms with Crippen LogP contribution >= 0.6 is 24.0 Å². The van der Waals surface area contributed by atoms with Crippen LogP contribution in [0.15, 0.2) is 35.3 Å². The Hall–Kier alpha value is -0.780. The predicted molar refractivity (Wildman–Crippen MR) is 89.6 cm³/mol. The number of guanidine groups is 1. The van der Waals surface area contributed by atoms with Crippen molar-refractivity contribution < 1.29 is 0 Å². The number of benzene rings is 1. The molecule has 0 unspecified atom stereocenters. The molecule has 0 amide bonds. The second-order valence-corrected chi connectivity index (χ2v) is 5.23. The summed E-state index contributed by atoms with van der Waals surface area (Å²) in [5.74, 6) is 0.533. The predicted octanol–water partition coefficient (Wildman–Crippen LogP) is 2.94. The van der Waals surface area contributed by atoms with E-state index in [1.165, 1.54) is 5.56 Å². The Kier molecular flexibility index (Phi) is 7.98. The van der Waals surface area contributed by atoms with Crippen LogP contribution < -0.4 is 11.1 Å². The van der Waals surface area contributed by atoms with E-state index < -0.39 is 0 Å². The van der Waals surface area contributed by atoms with Gasteiger partial charge >= 0.3 is 0 Å². The van der Waals surface area contributed by atoms with Crippen molar-refractivity contribution in [3.8, 4) is 0 Å². The number of halogens is 1. The summed E-state index contributed by atoms with van der Waals surface area (Å²) in [5.41, 5.74) is 7.11. The molecule has 0 fully saturated rings. The van der Waals surface area contributed by atoms with Gasteiger partial charge in [0.15, 0.2) is 5.96 Å². The lowest BCUT2D eigenvalue weighted by Crippen LogP contribution is -2.45. The average Bonchev–Trinajstić information content (AvgIpc) is 2.23. The van der Waals surface area contributed by atoms with Crippen molar-refractivity contribution >= 4 is 29.9 Å². The second-order valence-electron chi connectivity index (χ2n) is 5.23. The summed E-state index contributed by atoms with van der Waals surface area (Å²) in [5, 5.41) is 3.15. The van der Waals surface area contributed by atoms with Crippen LogP contribution in [0, 0.1) is 0 Å². The van der Waals surface area contributed by atoms with Gasteiger partial charge in [-0.05, 0) is 39.2 Å². The minimum Gasteiger partial charge on any atom is -0.370 e. The summed E-state index contributed by atoms with van der Waals surface area (Å²) in [6.45, 7) is 6.97. The lowest BCUT2D eigenvalue weighted by molar-refractivity contribution is 0.508. The molecule has 0 spiro atoms. The average molecular weight is 361 g/mol. The van der Waals surface area contributed by atoms with Crippen LogP contribution in [0.5, 0.6) is 0 Å². The van der Waals surface area contributed by atoms with Crippen molar-refractivity contribution in [1.29, 1.82) is 0 Å². The molecule has 0 bridgehead atoms. The Morgan fingerprint density at radius 1 is 1.22 bits per heavy atom. The molecule has 1 aromatic rings. The molecule has 0 aliphatic heterocycles. The van der Waals surface area contributed by atoms with E-state index in [1.807, 2.05) is 6.07 Å². The maximum Gasteiger partial charge on any atom is 0.188 e. The van der Waals surface area contributed by atoms with Crippen LogP contribution in [0.3, 0.4) is 0 Å². The zero-order valence-corrected chi connectivity index (χ0v) is 13.8. The van der Waals surface area contributed by atoms with E-state index in [1.54, 1.807) is 0 Å². The third-order valence-electron chi connectivity index (χ3n) is 2.25. The van der Waals surface area contributed by atoms with E-state index in [2.05, 4.69) is 55.3 Å². The fourth-order valence-electron chi connectivity index (χ4n) is 1.55. The van der Waals surface area contributed by atoms with Crippen LogP contribution in [-0.4, -0.2) is 18.0 Å². The summed E-state index contributed by atoms with van der Waals surface area (Å²) >= 11 is 0. The van der Waals surface area contributed by atoms with E-state index in [4.69, 9.17) is 5.73 Å². The Morgan fingerprint density at radius 2 is 1.83 bits per heavy atom. The molecule has 1 aromatic carbocycles. The molecule has 18 heavy (non-hydrogen) atoms. The van der Waals surface area contributed by atoms with Crippen molar-refractivity contribution in [3.05, 3.63) is 35.9 Å². The first-order chi connectivity index (χ1) is 7.97. The highest BCUT2D eigenvalue weighted by atomic mass is 127. The van der Waals surface area contributed by atoms with Gasteiger partial charge in [-0.2, -0.15) is 0 Å². The van der Waals surface area contributed by atoms with Gasteiger partial charge in [0.25, 0.3) is 0 Å². The lowest BCUT2D eigenvalue weighted by Gasteiger charge is -2.20. The first-order valence-corrected chi connectivity index (χ1v) is 6.09. The number of nitrogens with two attached hydrogens (primary N) is 1. The molecule has 0 aliphatic rings. The number of nitrogens with one attached hydrogen (secondary N) is 1. The molecular formula is C14H24IN3. The number of nitrogens with zero attached hydrogens (tertiary/aromatic N) is 1. The number of hydrogen-bond acceptors (Lipinski definition) is 1. The van der Waals surface area contributed by atoms with Gasteiger partial charge in [0.2, 0.25) is 0 Å². The topological polar surface area (TPSA) is 50.4 Å². The molecule has 3 nitrogen and oxygen atoms in total. The fraction of sp³-hybridized carbons (Fsp3) is 0.500. The first-order valence-electron chi connectivity index (χ1n) is 6.09. The first kappa shape index (κ1) is 17.2. The second kappa shape index (κ2) is 8.34. The Balaban J connectivity index is 0.00000289. The molecule has 0 atom stereocenters. The van der Waals surface area contributed by atoms with Gasteiger partial charge < -0.3 is 11.1 Å². The summed E-state index contributed by atoms with van der Waals surface area (Å²) in [7, 11) is 0. The summed E-state index contributed by atoms with van der Waals surface area (Å²) in [6.07, 6.45) is 2.07. The number of aryl methyl sites for hydroxylation is 1. The van der Waals surface area contributed by atoms with Gasteiger partial charge in [-0.3, -0.25) is 4.99 Å². The van der Waals surface area contributed by atoms with Crippen molar-refractivity contribution in [2.24, 2.45) is 10.7 Å². The fourth-order valence-corrected chi connectivity index (χ4v) is 1.55. The van der Waals surface area contributed by atoms with Crippen molar-refractivity contribution in [2.45, 2.75) is 39.2 Å². The highest BCUT2D eigenvalue weighted by molar-refractivity contribution is 14.0. The Labute approximate surface area is 127 Å². The summed E-state index contributed by atoms with van der Waals surface area (Å²) in [6, 6.07) is 10.4. The summed E-state index contributed by atoms with van der Waals surface area (Å²) in [4.78, 5) is 4.31. The standard InChI is InChI=1S/C14H23N3.HI/c1-14(2,3)17-13(15)16-11-7-10-12-8-5-4-6-9-12;/h4-6,8-9H,7,10-11H2,1-3H3,(H3,15,16,17);1H. The Bertz CT molecular complexity index is 355. The molecule has 0 saturated heterocycles. The quantitative estimate of drug-likeness (QED) is 0.375. The molecule has 102 valence electrons. The maximum atomic E-state index is 5.78. The van der Waals surface area contributed by atoms with Gasteiger partial charge in [0.1, 0.15) is 0 Å². The number of rotatable bonds is 4. The SMILES string of the molecule is CC(C)(C)NC(N)=NCCCc1ccccc1.I. The molecule has 0 saturated carbocycles. The number of hydrogen-bond donors (Lipinski definition) is 2. The largest absolute Gasteiger partial charge is 0.370 e. The van der Waals surface area contributed by atoms with E-state index >= 15 is 0 Å². The monoisotopic (exact) mass is 361 g/mol. The van der Waals surface area contributed by atoms with Crippen LogP contribution in [0.1, 0.15) is 32.8 Å². The maximum absolute atomic E-state index is 5.78. The van der Waals surface area contributed by atoms with Gasteiger partial charge in [-0.1, -0.05) is 30.3 Å². The van der Waals surface area contributed by atoms with Gasteiger partial charge in [-0.15, -0.1) is 24.0 Å². The highest BCUT2D eigenvalue weighted by Crippen LogP contribution is 2.02. The van der Waals surface area contributed by atoms with Crippen molar-refractivity contribution in [2.75, 3.05) is 6.54 Å². The smallest absolute Gasteiger partial charge is 0.188 e. The third-order valence-corrected chi connectivity index (χ3v) is 2.25. The van der Waals surface area contributed by atoms with Crippen LogP contribution in [0.25, 0.3) is 0 Å². The molecule has 1 rings (SSSR count). The van der Waals surface area contributed by atoms with Crippen LogP contribution in [0.4, 0.5) is 0 Å². The van der Waals surface area contributed by atoms with Gasteiger partial charge in [0, 0.05) is 12.1 Å². The lowest BCUT2D eigenvalue weighted by atomic mass is 10.1. The van der Waals surface area contributed by atoms with Crippen LogP contribution in [-0.2, 0) is 6.42 Å². The van der Waals surface area contributed by atoms with Crippen LogP contribution in [0.2, 0.25) is 0 Å². The summed E-state index contributed by atoms with van der Waals surface area (Å²) < 4.78 is 0. The Morgan fingerprint density at radius 3 is 2.39 bits per heavy atom. The molecular weight excluding hydrogens is 337 g/mol. The third kappa shape index (κ3) is 8.33. The normalized spacial score (nSPS) is 11.8. The molecule has 4 heteroatoms. The molecule has 0 radical (unpaired) electrons. The van der Waals surface area contributed by atoms with Crippen molar-refractivity contribution in [3.63, 3.8) is 0 Å². The van der Waals surface area contributed by atoms with E-state index in [9.17, 15) is 0 Å². The highest BCUT2D eigenvalue weighted by Gasteiger charge is 2.09. The minimum atomic E-state index is -0.0208. The molecule has 0 aromatic heterocycles. The van der Waals surface area contributed by atoms with E-state index in [0.29, 0.717) is 5.96 Å². The molecule has 0 aliphatic carbocycles. The zero-order valence-electron chi connectivity index (χ0n) is 11.4. The van der Waals surface area contributed by atoms with E-state index in [-0.39, 0.29) is 29.5 Å².